The number of thioether (sulfide) groups is 1. The summed E-state index contributed by atoms with van der Waals surface area (Å²) in [5.74, 6) is 1.21. The molecule has 1 saturated heterocycles. The molecule has 0 saturated carbocycles. The fourth-order valence-corrected chi connectivity index (χ4v) is 3.57. The lowest BCUT2D eigenvalue weighted by Crippen LogP contribution is -2.39. The summed E-state index contributed by atoms with van der Waals surface area (Å²) in [5.41, 5.74) is 2.52. The lowest BCUT2D eigenvalue weighted by molar-refractivity contribution is -0.131. The average Bonchev–Trinajstić information content (AvgIpc) is 2.84. The molecule has 1 heterocycles. The Hall–Kier alpha value is -1.00. The van der Waals surface area contributed by atoms with E-state index < -0.39 is 0 Å². The molecule has 0 radical (unpaired) electrons. The Balaban J connectivity index is 2.26. The van der Waals surface area contributed by atoms with Gasteiger partial charge in [0.15, 0.2) is 0 Å². The molecule has 21 heavy (non-hydrogen) atoms. The number of benzene rings is 1. The molecule has 1 aliphatic heterocycles. The summed E-state index contributed by atoms with van der Waals surface area (Å²) in [6.45, 7) is 6.36. The van der Waals surface area contributed by atoms with Gasteiger partial charge in [-0.15, -0.1) is 0 Å². The van der Waals surface area contributed by atoms with Crippen molar-refractivity contribution in [2.75, 3.05) is 12.0 Å². The molecular formula is C17H26N2OS. The third kappa shape index (κ3) is 3.43. The molecule has 3 unspecified atom stereocenters. The van der Waals surface area contributed by atoms with E-state index in [1.807, 2.05) is 4.90 Å². The molecule has 116 valence electrons. The summed E-state index contributed by atoms with van der Waals surface area (Å²) in [6.07, 6.45) is 3.98. The van der Waals surface area contributed by atoms with Gasteiger partial charge in [0.2, 0.25) is 5.91 Å². The van der Waals surface area contributed by atoms with Crippen LogP contribution in [0.25, 0.3) is 0 Å². The van der Waals surface area contributed by atoms with E-state index in [9.17, 15) is 4.79 Å². The molecule has 1 N–H and O–H groups in total. The zero-order chi connectivity index (χ0) is 15.4. The lowest BCUT2D eigenvalue weighted by atomic mass is 10.1. The first kappa shape index (κ1) is 16.4. The minimum atomic E-state index is -0.0508. The fraction of sp³-hybridized carbons (Fsp3) is 0.588. The van der Waals surface area contributed by atoms with Gasteiger partial charge >= 0.3 is 0 Å². The van der Waals surface area contributed by atoms with Crippen LogP contribution in [0, 0.1) is 0 Å². The predicted octanol–water partition coefficient (Wildman–Crippen LogP) is 3.21. The SMILES string of the molecule is CCc1ccc(C2NC(CC)C(=O)N2C(C)CSC)cc1. The van der Waals surface area contributed by atoms with E-state index in [2.05, 4.69) is 56.6 Å². The maximum atomic E-state index is 12.6. The van der Waals surface area contributed by atoms with E-state index in [1.54, 1.807) is 11.8 Å². The van der Waals surface area contributed by atoms with Crippen LogP contribution >= 0.6 is 11.8 Å². The van der Waals surface area contributed by atoms with Crippen LogP contribution in [0.5, 0.6) is 0 Å². The summed E-state index contributed by atoms with van der Waals surface area (Å²) in [6, 6.07) is 8.83. The van der Waals surface area contributed by atoms with Crippen LogP contribution in [0.1, 0.15) is 44.5 Å². The van der Waals surface area contributed by atoms with Crippen LogP contribution in [-0.2, 0) is 11.2 Å². The van der Waals surface area contributed by atoms with E-state index in [-0.39, 0.29) is 24.2 Å². The van der Waals surface area contributed by atoms with Crippen molar-refractivity contribution >= 4 is 17.7 Å². The number of nitrogens with one attached hydrogen (secondary N) is 1. The van der Waals surface area contributed by atoms with Crippen molar-refractivity contribution in [3.63, 3.8) is 0 Å². The number of hydrogen-bond donors (Lipinski definition) is 1. The van der Waals surface area contributed by atoms with Crippen molar-refractivity contribution in [1.29, 1.82) is 0 Å². The highest BCUT2D eigenvalue weighted by Crippen LogP contribution is 2.29. The second-order valence-corrected chi connectivity index (χ2v) is 6.59. The maximum absolute atomic E-state index is 12.6. The molecular weight excluding hydrogens is 280 g/mol. The van der Waals surface area contributed by atoms with E-state index in [0.717, 1.165) is 18.6 Å². The Morgan fingerprint density at radius 1 is 1.29 bits per heavy atom. The third-order valence-electron chi connectivity index (χ3n) is 4.18. The maximum Gasteiger partial charge on any atom is 0.241 e. The molecule has 0 aliphatic carbocycles. The normalized spacial score (nSPS) is 23.6. The first-order chi connectivity index (χ1) is 10.1. The Morgan fingerprint density at radius 2 is 1.95 bits per heavy atom. The number of aryl methyl sites for hydroxylation is 1. The molecule has 1 aromatic rings. The first-order valence-corrected chi connectivity index (χ1v) is 9.17. The topological polar surface area (TPSA) is 32.3 Å². The Labute approximate surface area is 132 Å². The molecule has 1 fully saturated rings. The number of rotatable bonds is 6. The average molecular weight is 306 g/mol. The largest absolute Gasteiger partial charge is 0.318 e. The van der Waals surface area contributed by atoms with Crippen LogP contribution in [-0.4, -0.2) is 34.9 Å². The quantitative estimate of drug-likeness (QED) is 0.876. The van der Waals surface area contributed by atoms with Gasteiger partial charge in [0.25, 0.3) is 0 Å². The zero-order valence-electron chi connectivity index (χ0n) is 13.4. The van der Waals surface area contributed by atoms with Crippen molar-refractivity contribution < 1.29 is 4.79 Å². The Morgan fingerprint density at radius 3 is 2.48 bits per heavy atom. The third-order valence-corrected chi connectivity index (χ3v) is 5.00. The highest BCUT2D eigenvalue weighted by atomic mass is 32.2. The first-order valence-electron chi connectivity index (χ1n) is 7.78. The number of hydrogen-bond acceptors (Lipinski definition) is 3. The van der Waals surface area contributed by atoms with Crippen molar-refractivity contribution in [2.24, 2.45) is 0 Å². The van der Waals surface area contributed by atoms with Crippen molar-refractivity contribution in [3.05, 3.63) is 35.4 Å². The molecule has 2 rings (SSSR count). The number of carbonyl (C=O) groups is 1. The summed E-state index contributed by atoms with van der Waals surface area (Å²) >= 11 is 1.79. The van der Waals surface area contributed by atoms with E-state index >= 15 is 0 Å². The van der Waals surface area contributed by atoms with Gasteiger partial charge in [-0.05, 0) is 37.1 Å². The molecule has 4 heteroatoms. The minimum Gasteiger partial charge on any atom is -0.318 e. The highest BCUT2D eigenvalue weighted by molar-refractivity contribution is 7.98. The van der Waals surface area contributed by atoms with Crippen LogP contribution in [0.3, 0.4) is 0 Å². The van der Waals surface area contributed by atoms with Crippen LogP contribution in [0.2, 0.25) is 0 Å². The fourth-order valence-electron chi connectivity index (χ4n) is 2.93. The molecule has 0 spiro atoms. The van der Waals surface area contributed by atoms with E-state index in [4.69, 9.17) is 0 Å². The van der Waals surface area contributed by atoms with Gasteiger partial charge in [-0.25, -0.2) is 0 Å². The predicted molar refractivity (Wildman–Crippen MR) is 90.5 cm³/mol. The molecule has 3 nitrogen and oxygen atoms in total. The summed E-state index contributed by atoms with van der Waals surface area (Å²) in [7, 11) is 0. The molecule has 1 aromatic carbocycles. The molecule has 1 amide bonds. The van der Waals surface area contributed by atoms with Gasteiger partial charge in [0, 0.05) is 11.8 Å². The van der Waals surface area contributed by atoms with Gasteiger partial charge in [-0.3, -0.25) is 10.1 Å². The summed E-state index contributed by atoms with van der Waals surface area (Å²) in [5, 5.41) is 3.50. The second kappa shape index (κ2) is 7.32. The van der Waals surface area contributed by atoms with Gasteiger partial charge in [0.1, 0.15) is 6.17 Å². The molecule has 0 aromatic heterocycles. The Kier molecular flexibility index (Phi) is 5.71. The number of amides is 1. The number of nitrogens with zero attached hydrogens (tertiary/aromatic N) is 1. The van der Waals surface area contributed by atoms with Gasteiger partial charge in [0.05, 0.1) is 6.04 Å². The molecule has 1 aliphatic rings. The van der Waals surface area contributed by atoms with Gasteiger partial charge < -0.3 is 4.90 Å². The smallest absolute Gasteiger partial charge is 0.241 e. The minimum absolute atomic E-state index is 0.00973. The summed E-state index contributed by atoms with van der Waals surface area (Å²) in [4.78, 5) is 14.6. The van der Waals surface area contributed by atoms with E-state index in [0.29, 0.717) is 0 Å². The standard InChI is InChI=1S/C17H26N2OS/c1-5-13-7-9-14(10-8-13)16-18-15(6-2)17(20)19(16)12(3)11-21-4/h7-10,12,15-16,18H,5-6,11H2,1-4H3. The van der Waals surface area contributed by atoms with Gasteiger partial charge in [-0.2, -0.15) is 11.8 Å². The van der Waals surface area contributed by atoms with Crippen molar-refractivity contribution in [3.8, 4) is 0 Å². The molecule has 3 atom stereocenters. The monoisotopic (exact) mass is 306 g/mol. The van der Waals surface area contributed by atoms with Crippen LogP contribution in [0.15, 0.2) is 24.3 Å². The number of carbonyl (C=O) groups excluding carboxylic acids is 1. The zero-order valence-corrected chi connectivity index (χ0v) is 14.2. The van der Waals surface area contributed by atoms with E-state index in [1.165, 1.54) is 11.1 Å². The lowest BCUT2D eigenvalue weighted by Gasteiger charge is -2.30. The van der Waals surface area contributed by atoms with Crippen LogP contribution in [0.4, 0.5) is 0 Å². The van der Waals surface area contributed by atoms with Gasteiger partial charge in [-0.1, -0.05) is 38.1 Å². The second-order valence-electron chi connectivity index (χ2n) is 5.68. The summed E-state index contributed by atoms with van der Waals surface area (Å²) < 4.78 is 0. The van der Waals surface area contributed by atoms with Crippen molar-refractivity contribution in [1.82, 2.24) is 10.2 Å². The van der Waals surface area contributed by atoms with Crippen molar-refractivity contribution in [2.45, 2.75) is 51.9 Å². The Bertz CT molecular complexity index is 474. The molecule has 0 bridgehead atoms. The van der Waals surface area contributed by atoms with Crippen LogP contribution < -0.4 is 5.32 Å². The highest BCUT2D eigenvalue weighted by Gasteiger charge is 2.40.